The summed E-state index contributed by atoms with van der Waals surface area (Å²) in [6.07, 6.45) is 0.207. The number of carbonyl (C=O) groups is 2. The van der Waals surface area contributed by atoms with Gasteiger partial charge in [0.1, 0.15) is 5.60 Å². The summed E-state index contributed by atoms with van der Waals surface area (Å²) in [6.45, 7) is 7.04. The van der Waals surface area contributed by atoms with E-state index < -0.39 is 29.8 Å². The number of nitrogens with one attached hydrogen (secondary N) is 1. The number of hydrogen-bond donors (Lipinski definition) is 2. The SMILES string of the molecule is C[C@H]1CC[C@H]([C@H](NC(=O)OC(C)(C)C)C(=O)O)O1. The highest BCUT2D eigenvalue weighted by molar-refractivity contribution is 5.80. The summed E-state index contributed by atoms with van der Waals surface area (Å²) in [5.41, 5.74) is -0.656. The summed E-state index contributed by atoms with van der Waals surface area (Å²) in [6, 6.07) is -1.07. The first-order valence-electron chi connectivity index (χ1n) is 6.07. The highest BCUT2D eigenvalue weighted by atomic mass is 16.6. The highest BCUT2D eigenvalue weighted by Gasteiger charge is 2.36. The van der Waals surface area contributed by atoms with Crippen LogP contribution in [0.1, 0.15) is 40.5 Å². The molecule has 18 heavy (non-hydrogen) atoms. The molecule has 0 aliphatic carbocycles. The lowest BCUT2D eigenvalue weighted by molar-refractivity contribution is -0.143. The molecule has 3 atom stereocenters. The van der Waals surface area contributed by atoms with Gasteiger partial charge in [-0.15, -0.1) is 0 Å². The van der Waals surface area contributed by atoms with Crippen molar-refractivity contribution in [1.29, 1.82) is 0 Å². The van der Waals surface area contributed by atoms with Crippen LogP contribution in [0.4, 0.5) is 4.79 Å². The Morgan fingerprint density at radius 3 is 2.39 bits per heavy atom. The smallest absolute Gasteiger partial charge is 0.408 e. The summed E-state index contributed by atoms with van der Waals surface area (Å²) < 4.78 is 10.5. The van der Waals surface area contributed by atoms with Gasteiger partial charge >= 0.3 is 12.1 Å². The first kappa shape index (κ1) is 14.8. The predicted molar refractivity (Wildman–Crippen MR) is 64.4 cm³/mol. The molecule has 0 aromatic rings. The molecule has 1 amide bonds. The van der Waals surface area contributed by atoms with Crippen molar-refractivity contribution in [3.05, 3.63) is 0 Å². The lowest BCUT2D eigenvalue weighted by Gasteiger charge is -2.24. The molecule has 104 valence electrons. The van der Waals surface area contributed by atoms with Crippen LogP contribution >= 0.6 is 0 Å². The molecule has 1 heterocycles. The number of ether oxygens (including phenoxy) is 2. The first-order valence-corrected chi connectivity index (χ1v) is 6.07. The fraction of sp³-hybridized carbons (Fsp3) is 0.833. The minimum absolute atomic E-state index is 0.0253. The predicted octanol–water partition coefficient (Wildman–Crippen LogP) is 1.53. The molecule has 0 spiro atoms. The zero-order chi connectivity index (χ0) is 13.9. The van der Waals surface area contributed by atoms with E-state index in [9.17, 15) is 9.59 Å². The molecule has 1 aliphatic rings. The average Bonchev–Trinajstić information content (AvgIpc) is 2.57. The molecule has 6 nitrogen and oxygen atoms in total. The summed E-state index contributed by atoms with van der Waals surface area (Å²) in [5, 5.41) is 11.5. The van der Waals surface area contributed by atoms with Crippen LogP contribution in [0, 0.1) is 0 Å². The number of aliphatic carboxylic acids is 1. The van der Waals surface area contributed by atoms with Crippen molar-refractivity contribution in [3.63, 3.8) is 0 Å². The molecule has 0 saturated carbocycles. The van der Waals surface area contributed by atoms with Gasteiger partial charge in [0.25, 0.3) is 0 Å². The topological polar surface area (TPSA) is 84.9 Å². The minimum atomic E-state index is -1.11. The van der Waals surface area contributed by atoms with E-state index in [0.717, 1.165) is 6.42 Å². The van der Waals surface area contributed by atoms with Crippen molar-refractivity contribution in [2.24, 2.45) is 0 Å². The van der Waals surface area contributed by atoms with Crippen LogP contribution in [0.5, 0.6) is 0 Å². The Hall–Kier alpha value is -1.30. The molecule has 0 radical (unpaired) electrons. The molecule has 0 aromatic heterocycles. The van der Waals surface area contributed by atoms with E-state index >= 15 is 0 Å². The van der Waals surface area contributed by atoms with E-state index in [1.165, 1.54) is 0 Å². The average molecular weight is 259 g/mol. The second-order valence-corrected chi connectivity index (χ2v) is 5.52. The van der Waals surface area contributed by atoms with E-state index in [0.29, 0.717) is 6.42 Å². The molecular formula is C12H21NO5. The Morgan fingerprint density at radius 2 is 2.00 bits per heavy atom. The van der Waals surface area contributed by atoms with Crippen LogP contribution in [-0.4, -0.2) is 41.0 Å². The Balaban J connectivity index is 2.58. The summed E-state index contributed by atoms with van der Waals surface area (Å²) in [5.74, 6) is -1.11. The quantitative estimate of drug-likeness (QED) is 0.803. The van der Waals surface area contributed by atoms with Gasteiger partial charge in [0.2, 0.25) is 0 Å². The van der Waals surface area contributed by atoms with Crippen LogP contribution < -0.4 is 5.32 Å². The number of carbonyl (C=O) groups excluding carboxylic acids is 1. The molecule has 1 rings (SSSR count). The zero-order valence-corrected chi connectivity index (χ0v) is 11.2. The largest absolute Gasteiger partial charge is 0.480 e. The van der Waals surface area contributed by atoms with E-state index in [-0.39, 0.29) is 6.10 Å². The number of carboxylic acid groups (broad SMARTS) is 1. The number of hydrogen-bond acceptors (Lipinski definition) is 4. The van der Waals surface area contributed by atoms with Crippen molar-refractivity contribution < 1.29 is 24.2 Å². The van der Waals surface area contributed by atoms with Gasteiger partial charge in [-0.1, -0.05) is 0 Å². The van der Waals surface area contributed by atoms with Gasteiger partial charge in [0.05, 0.1) is 12.2 Å². The van der Waals surface area contributed by atoms with Gasteiger partial charge in [-0.3, -0.25) is 0 Å². The summed E-state index contributed by atoms with van der Waals surface area (Å²) in [4.78, 5) is 22.7. The molecular weight excluding hydrogens is 238 g/mol. The van der Waals surface area contributed by atoms with Crippen molar-refractivity contribution in [2.75, 3.05) is 0 Å². The van der Waals surface area contributed by atoms with Gasteiger partial charge in [0.15, 0.2) is 6.04 Å². The molecule has 0 unspecified atom stereocenters. The molecule has 6 heteroatoms. The maximum atomic E-state index is 11.6. The maximum Gasteiger partial charge on any atom is 0.408 e. The van der Waals surface area contributed by atoms with Crippen molar-refractivity contribution in [1.82, 2.24) is 5.32 Å². The van der Waals surface area contributed by atoms with Gasteiger partial charge in [-0.05, 0) is 40.5 Å². The van der Waals surface area contributed by atoms with Crippen LogP contribution in [0.3, 0.4) is 0 Å². The van der Waals surface area contributed by atoms with Crippen molar-refractivity contribution >= 4 is 12.1 Å². The monoisotopic (exact) mass is 259 g/mol. The van der Waals surface area contributed by atoms with E-state index in [1.807, 2.05) is 6.92 Å². The molecule has 2 N–H and O–H groups in total. The lowest BCUT2D eigenvalue weighted by atomic mass is 10.1. The van der Waals surface area contributed by atoms with E-state index in [4.69, 9.17) is 14.6 Å². The summed E-state index contributed by atoms with van der Waals surface area (Å²) in [7, 11) is 0. The number of carboxylic acids is 1. The van der Waals surface area contributed by atoms with Gasteiger partial charge in [-0.25, -0.2) is 9.59 Å². The van der Waals surface area contributed by atoms with Crippen LogP contribution in [0.25, 0.3) is 0 Å². The first-order chi connectivity index (χ1) is 8.19. The van der Waals surface area contributed by atoms with Gasteiger partial charge in [0, 0.05) is 0 Å². The molecule has 1 aliphatic heterocycles. The Bertz CT molecular complexity index is 323. The maximum absolute atomic E-state index is 11.6. The fourth-order valence-corrected chi connectivity index (χ4v) is 1.83. The van der Waals surface area contributed by atoms with Crippen LogP contribution in [-0.2, 0) is 14.3 Å². The minimum Gasteiger partial charge on any atom is -0.480 e. The van der Waals surface area contributed by atoms with Crippen LogP contribution in [0.15, 0.2) is 0 Å². The number of amides is 1. The normalized spacial score (nSPS) is 25.6. The van der Waals surface area contributed by atoms with Gasteiger partial charge in [-0.2, -0.15) is 0 Å². The third-order valence-electron chi connectivity index (χ3n) is 2.57. The Morgan fingerprint density at radius 1 is 1.39 bits per heavy atom. The third kappa shape index (κ3) is 4.52. The molecule has 0 bridgehead atoms. The third-order valence-corrected chi connectivity index (χ3v) is 2.57. The number of rotatable bonds is 3. The van der Waals surface area contributed by atoms with E-state index in [2.05, 4.69) is 5.32 Å². The zero-order valence-electron chi connectivity index (χ0n) is 11.2. The van der Waals surface area contributed by atoms with Crippen LogP contribution in [0.2, 0.25) is 0 Å². The molecule has 0 aromatic carbocycles. The van der Waals surface area contributed by atoms with Crippen molar-refractivity contribution in [2.45, 2.75) is 64.4 Å². The second-order valence-electron chi connectivity index (χ2n) is 5.52. The highest BCUT2D eigenvalue weighted by Crippen LogP contribution is 2.22. The summed E-state index contributed by atoms with van der Waals surface area (Å²) >= 11 is 0. The Kier molecular flexibility index (Phi) is 4.56. The standard InChI is InChI=1S/C12H21NO5/c1-7-5-6-8(17-7)9(10(14)15)13-11(16)18-12(2,3)4/h7-9H,5-6H2,1-4H3,(H,13,16)(H,14,15)/t7-,8+,9-/m0/s1. The van der Waals surface area contributed by atoms with Gasteiger partial charge < -0.3 is 19.9 Å². The molecule has 1 saturated heterocycles. The number of alkyl carbamates (subject to hydrolysis) is 1. The fourth-order valence-electron chi connectivity index (χ4n) is 1.83. The molecule has 1 fully saturated rings. The lowest BCUT2D eigenvalue weighted by Crippen LogP contribution is -2.50. The second kappa shape index (κ2) is 5.56. The van der Waals surface area contributed by atoms with E-state index in [1.54, 1.807) is 20.8 Å². The Labute approximate surface area is 107 Å². The van der Waals surface area contributed by atoms with Crippen molar-refractivity contribution in [3.8, 4) is 0 Å².